The van der Waals surface area contributed by atoms with Gasteiger partial charge in [-0.15, -0.1) is 10.2 Å². The van der Waals surface area contributed by atoms with Crippen LogP contribution in [0.15, 0.2) is 47.6 Å². The van der Waals surface area contributed by atoms with Crippen molar-refractivity contribution in [3.63, 3.8) is 0 Å². The summed E-state index contributed by atoms with van der Waals surface area (Å²) in [5.41, 5.74) is 2.49. The Balaban J connectivity index is 2.01. The third kappa shape index (κ3) is 2.70. The van der Waals surface area contributed by atoms with Crippen LogP contribution >= 0.6 is 0 Å². The maximum atomic E-state index is 15.0. The van der Waals surface area contributed by atoms with Crippen LogP contribution in [0, 0.1) is 5.82 Å². The lowest BCUT2D eigenvalue weighted by Gasteiger charge is -2.16. The lowest BCUT2D eigenvalue weighted by molar-refractivity contribution is 0.386. The van der Waals surface area contributed by atoms with Crippen LogP contribution in [0.25, 0.3) is 5.69 Å². The zero-order valence-electron chi connectivity index (χ0n) is 14.9. The summed E-state index contributed by atoms with van der Waals surface area (Å²) in [6, 6.07) is 10.4. The van der Waals surface area contributed by atoms with Crippen molar-refractivity contribution in [1.29, 1.82) is 0 Å². The zero-order valence-corrected chi connectivity index (χ0v) is 14.9. The van der Waals surface area contributed by atoms with Gasteiger partial charge in [0.25, 0.3) is 0 Å². The molecule has 2 aromatic heterocycles. The van der Waals surface area contributed by atoms with E-state index in [-0.39, 0.29) is 11.9 Å². The predicted octanol–water partition coefficient (Wildman–Crippen LogP) is 2.78. The van der Waals surface area contributed by atoms with Gasteiger partial charge in [0.2, 0.25) is 0 Å². The summed E-state index contributed by atoms with van der Waals surface area (Å²) in [6.07, 6.45) is 1.71. The van der Waals surface area contributed by atoms with Crippen molar-refractivity contribution in [1.82, 2.24) is 24.6 Å². The first kappa shape index (κ1) is 16.5. The molecule has 1 aliphatic heterocycles. The average Bonchev–Trinajstić information content (AvgIpc) is 2.97. The number of nitrogens with zero attached hydrogens (tertiary/aromatic N) is 6. The number of halogens is 1. The Bertz CT molecular complexity index is 977. The highest BCUT2D eigenvalue weighted by atomic mass is 19.1. The van der Waals surface area contributed by atoms with Crippen LogP contribution in [-0.2, 0) is 6.54 Å². The molecule has 132 valence electrons. The van der Waals surface area contributed by atoms with Gasteiger partial charge in [-0.2, -0.15) is 0 Å². The monoisotopic (exact) mass is 350 g/mol. The number of pyridine rings is 1. The van der Waals surface area contributed by atoms with Crippen molar-refractivity contribution >= 4 is 5.71 Å². The standard InChI is InChI=1S/C19H19FN6/c1-12-19-24-23-16(11-25(2)3)26(19)18-13(7-6-8-14(18)20)17(22-12)15-9-4-5-10-21-15/h4-10,12H,11H2,1-3H3. The van der Waals surface area contributed by atoms with Crippen LogP contribution < -0.4 is 0 Å². The summed E-state index contributed by atoms with van der Waals surface area (Å²) in [6.45, 7) is 2.49. The lowest BCUT2D eigenvalue weighted by Crippen LogP contribution is -2.17. The van der Waals surface area contributed by atoms with E-state index < -0.39 is 0 Å². The Labute approximate surface area is 151 Å². The van der Waals surface area contributed by atoms with E-state index in [0.29, 0.717) is 40.9 Å². The van der Waals surface area contributed by atoms with Gasteiger partial charge in [-0.05, 0) is 39.2 Å². The molecule has 0 fully saturated rings. The summed E-state index contributed by atoms with van der Waals surface area (Å²) in [4.78, 5) is 11.2. The first-order valence-electron chi connectivity index (χ1n) is 8.43. The van der Waals surface area contributed by atoms with Crippen molar-refractivity contribution in [2.45, 2.75) is 19.5 Å². The SMILES string of the molecule is CC1N=C(c2ccccn2)c2cccc(F)c2-n2c(CN(C)C)nnc21. The lowest BCUT2D eigenvalue weighted by atomic mass is 10.0. The third-order valence-corrected chi connectivity index (χ3v) is 4.28. The molecular weight excluding hydrogens is 331 g/mol. The van der Waals surface area contributed by atoms with E-state index in [4.69, 9.17) is 4.99 Å². The minimum Gasteiger partial charge on any atom is -0.302 e. The number of hydrogen-bond acceptors (Lipinski definition) is 5. The molecule has 0 radical (unpaired) electrons. The molecule has 3 heterocycles. The smallest absolute Gasteiger partial charge is 0.162 e. The van der Waals surface area contributed by atoms with Crippen LogP contribution in [0.2, 0.25) is 0 Å². The molecule has 6 nitrogen and oxygen atoms in total. The zero-order chi connectivity index (χ0) is 18.3. The van der Waals surface area contributed by atoms with Crippen molar-refractivity contribution in [3.8, 4) is 5.69 Å². The summed E-state index contributed by atoms with van der Waals surface area (Å²) < 4.78 is 16.8. The van der Waals surface area contributed by atoms with Gasteiger partial charge in [0.1, 0.15) is 11.9 Å². The molecule has 0 saturated carbocycles. The van der Waals surface area contributed by atoms with Gasteiger partial charge >= 0.3 is 0 Å². The number of para-hydroxylation sites is 1. The van der Waals surface area contributed by atoms with Gasteiger partial charge in [0.15, 0.2) is 11.6 Å². The number of hydrogen-bond donors (Lipinski definition) is 0. The van der Waals surface area contributed by atoms with E-state index in [9.17, 15) is 4.39 Å². The summed E-state index contributed by atoms with van der Waals surface area (Å²) in [7, 11) is 3.89. The van der Waals surface area contributed by atoms with E-state index in [1.165, 1.54) is 6.07 Å². The largest absolute Gasteiger partial charge is 0.302 e. The molecule has 1 aromatic carbocycles. The number of fused-ring (bicyclic) bond motifs is 3. The second-order valence-corrected chi connectivity index (χ2v) is 6.55. The molecular formula is C19H19FN6. The normalized spacial score (nSPS) is 16.0. The highest BCUT2D eigenvalue weighted by Gasteiger charge is 2.29. The van der Waals surface area contributed by atoms with Crippen LogP contribution in [0.5, 0.6) is 0 Å². The molecule has 0 bridgehead atoms. The van der Waals surface area contributed by atoms with E-state index in [0.717, 1.165) is 0 Å². The summed E-state index contributed by atoms with van der Waals surface area (Å²) in [5.74, 6) is 0.973. The molecule has 3 aromatic rings. The Morgan fingerprint density at radius 3 is 2.69 bits per heavy atom. The Kier molecular flexibility index (Phi) is 4.08. The molecule has 1 unspecified atom stereocenters. The van der Waals surface area contributed by atoms with Crippen LogP contribution in [0.1, 0.15) is 35.9 Å². The van der Waals surface area contributed by atoms with Gasteiger partial charge in [-0.1, -0.05) is 18.2 Å². The van der Waals surface area contributed by atoms with Crippen LogP contribution in [0.4, 0.5) is 4.39 Å². The van der Waals surface area contributed by atoms with E-state index >= 15 is 0 Å². The van der Waals surface area contributed by atoms with Crippen molar-refractivity contribution in [2.75, 3.05) is 14.1 Å². The molecule has 0 amide bonds. The van der Waals surface area contributed by atoms with E-state index in [1.54, 1.807) is 16.8 Å². The van der Waals surface area contributed by atoms with Crippen LogP contribution in [0.3, 0.4) is 0 Å². The number of aliphatic imine (C=N–C) groups is 1. The third-order valence-electron chi connectivity index (χ3n) is 4.28. The predicted molar refractivity (Wildman–Crippen MR) is 97.0 cm³/mol. The second-order valence-electron chi connectivity index (χ2n) is 6.55. The number of benzene rings is 1. The maximum absolute atomic E-state index is 15.0. The molecule has 0 N–H and O–H groups in total. The van der Waals surface area contributed by atoms with E-state index in [2.05, 4.69) is 15.2 Å². The molecule has 0 spiro atoms. The quantitative estimate of drug-likeness (QED) is 0.729. The van der Waals surface area contributed by atoms with E-state index in [1.807, 2.05) is 50.2 Å². The number of aromatic nitrogens is 4. The highest BCUT2D eigenvalue weighted by Crippen LogP contribution is 2.32. The van der Waals surface area contributed by atoms with Gasteiger partial charge in [0.05, 0.1) is 23.6 Å². The Hall–Kier alpha value is -2.93. The molecule has 0 aliphatic carbocycles. The molecule has 0 saturated heterocycles. The molecule has 1 aliphatic rings. The topological polar surface area (TPSA) is 59.2 Å². The summed E-state index contributed by atoms with van der Waals surface area (Å²) >= 11 is 0. The Morgan fingerprint density at radius 1 is 1.12 bits per heavy atom. The average molecular weight is 350 g/mol. The fourth-order valence-corrected chi connectivity index (χ4v) is 3.19. The Morgan fingerprint density at radius 2 is 1.96 bits per heavy atom. The molecule has 4 rings (SSSR count). The second kappa shape index (κ2) is 6.42. The first-order chi connectivity index (χ1) is 12.6. The van der Waals surface area contributed by atoms with Gasteiger partial charge in [0, 0.05) is 11.8 Å². The fourth-order valence-electron chi connectivity index (χ4n) is 3.19. The molecule has 26 heavy (non-hydrogen) atoms. The first-order valence-corrected chi connectivity index (χ1v) is 8.43. The fraction of sp³-hybridized carbons (Fsp3) is 0.263. The minimum absolute atomic E-state index is 0.276. The van der Waals surface area contributed by atoms with Crippen molar-refractivity contribution in [2.24, 2.45) is 4.99 Å². The van der Waals surface area contributed by atoms with Crippen molar-refractivity contribution in [3.05, 3.63) is 71.3 Å². The van der Waals surface area contributed by atoms with Gasteiger partial charge in [-0.25, -0.2) is 4.39 Å². The van der Waals surface area contributed by atoms with Gasteiger partial charge in [-0.3, -0.25) is 14.5 Å². The number of rotatable bonds is 3. The van der Waals surface area contributed by atoms with Crippen molar-refractivity contribution < 1.29 is 4.39 Å². The molecule has 7 heteroatoms. The molecule has 1 atom stereocenters. The highest BCUT2D eigenvalue weighted by molar-refractivity contribution is 6.14. The maximum Gasteiger partial charge on any atom is 0.162 e. The van der Waals surface area contributed by atoms with Crippen LogP contribution in [-0.4, -0.2) is 44.5 Å². The minimum atomic E-state index is -0.332. The van der Waals surface area contributed by atoms with Gasteiger partial charge < -0.3 is 4.90 Å². The summed E-state index contributed by atoms with van der Waals surface area (Å²) in [5, 5.41) is 8.60.